The third kappa shape index (κ3) is 2.58. The van der Waals surface area contributed by atoms with Crippen LogP contribution in [0.4, 0.5) is 0 Å². The summed E-state index contributed by atoms with van der Waals surface area (Å²) in [5, 5.41) is 9.81. The Morgan fingerprint density at radius 3 is 2.90 bits per heavy atom. The highest BCUT2D eigenvalue weighted by Gasteiger charge is 2.39. The normalized spacial score (nSPS) is 22.2. The Morgan fingerprint density at radius 2 is 2.29 bits per heavy atom. The number of thiazole rings is 1. The Morgan fingerprint density at radius 1 is 1.48 bits per heavy atom. The first-order valence-electron chi connectivity index (χ1n) is 6.92. The molecule has 7 heteroatoms. The van der Waals surface area contributed by atoms with Gasteiger partial charge in [0.15, 0.2) is 0 Å². The van der Waals surface area contributed by atoms with Crippen molar-refractivity contribution in [3.63, 3.8) is 0 Å². The van der Waals surface area contributed by atoms with Crippen LogP contribution in [0.1, 0.15) is 29.4 Å². The van der Waals surface area contributed by atoms with Crippen molar-refractivity contribution in [2.24, 2.45) is 7.05 Å². The second-order valence-corrected chi connectivity index (χ2v) is 6.15. The highest BCUT2D eigenvalue weighted by molar-refractivity contribution is 7.07. The van der Waals surface area contributed by atoms with Crippen molar-refractivity contribution in [2.75, 3.05) is 7.05 Å². The molecular weight excluding hydrogens is 286 g/mol. The summed E-state index contributed by atoms with van der Waals surface area (Å²) < 4.78 is 1.85. The Hall–Kier alpha value is -1.73. The van der Waals surface area contributed by atoms with E-state index in [0.29, 0.717) is 13.0 Å². The SMILES string of the molecule is Cc1c([C@H]2[C@H](NCc3cscn3)CC(=O)N2C)cnn1C. The van der Waals surface area contributed by atoms with Crippen molar-refractivity contribution in [2.45, 2.75) is 32.0 Å². The van der Waals surface area contributed by atoms with Crippen LogP contribution in [0.3, 0.4) is 0 Å². The average molecular weight is 305 g/mol. The van der Waals surface area contributed by atoms with Gasteiger partial charge in [-0.25, -0.2) is 4.98 Å². The Bertz CT molecular complexity index is 636. The molecule has 21 heavy (non-hydrogen) atoms. The Kier molecular flexibility index (Phi) is 3.77. The number of hydrogen-bond donors (Lipinski definition) is 1. The maximum Gasteiger partial charge on any atom is 0.224 e. The van der Waals surface area contributed by atoms with Gasteiger partial charge in [-0.2, -0.15) is 5.10 Å². The lowest BCUT2D eigenvalue weighted by atomic mass is 10.0. The van der Waals surface area contributed by atoms with Crippen LogP contribution in [0.15, 0.2) is 17.1 Å². The van der Waals surface area contributed by atoms with Crippen molar-refractivity contribution < 1.29 is 4.79 Å². The van der Waals surface area contributed by atoms with Crippen LogP contribution in [-0.4, -0.2) is 38.7 Å². The van der Waals surface area contributed by atoms with Crippen molar-refractivity contribution in [3.8, 4) is 0 Å². The standard InChI is InChI=1S/C14H19N5OS/c1-9-11(6-17-19(9)3)14-12(4-13(20)18(14)2)15-5-10-7-21-8-16-10/h6-8,12,14-15H,4-5H2,1-3H3/t12-,14+/m1/s1. The second-order valence-electron chi connectivity index (χ2n) is 5.43. The first kappa shape index (κ1) is 14.2. The molecule has 2 atom stereocenters. The molecule has 0 unspecified atom stereocenters. The number of likely N-dealkylation sites (tertiary alicyclic amines) is 1. The third-order valence-corrected chi connectivity index (χ3v) is 4.84. The van der Waals surface area contributed by atoms with Gasteiger partial charge < -0.3 is 10.2 Å². The van der Waals surface area contributed by atoms with E-state index < -0.39 is 0 Å². The zero-order valence-corrected chi connectivity index (χ0v) is 13.2. The predicted molar refractivity (Wildman–Crippen MR) is 80.8 cm³/mol. The van der Waals surface area contributed by atoms with Gasteiger partial charge in [-0.15, -0.1) is 11.3 Å². The average Bonchev–Trinajstić information content (AvgIpc) is 3.14. The number of carbonyl (C=O) groups is 1. The molecule has 6 nitrogen and oxygen atoms in total. The van der Waals surface area contributed by atoms with Gasteiger partial charge in [-0.3, -0.25) is 9.48 Å². The van der Waals surface area contributed by atoms with Gasteiger partial charge >= 0.3 is 0 Å². The molecule has 0 aliphatic carbocycles. The van der Waals surface area contributed by atoms with Gasteiger partial charge in [0.05, 0.1) is 23.4 Å². The molecule has 1 saturated heterocycles. The van der Waals surface area contributed by atoms with Gasteiger partial charge in [-0.1, -0.05) is 0 Å². The minimum absolute atomic E-state index is 0.0323. The summed E-state index contributed by atoms with van der Waals surface area (Å²) in [6.07, 6.45) is 2.38. The van der Waals surface area contributed by atoms with Crippen molar-refractivity contribution >= 4 is 17.2 Å². The molecule has 2 aromatic rings. The Balaban J connectivity index is 1.81. The summed E-state index contributed by atoms with van der Waals surface area (Å²) in [7, 11) is 3.79. The van der Waals surface area contributed by atoms with Gasteiger partial charge in [-0.05, 0) is 6.92 Å². The minimum atomic E-state index is 0.0323. The number of nitrogens with one attached hydrogen (secondary N) is 1. The zero-order valence-electron chi connectivity index (χ0n) is 12.4. The fourth-order valence-corrected chi connectivity index (χ4v) is 3.40. The highest BCUT2D eigenvalue weighted by atomic mass is 32.1. The lowest BCUT2D eigenvalue weighted by molar-refractivity contribution is -0.127. The van der Waals surface area contributed by atoms with E-state index in [4.69, 9.17) is 0 Å². The lowest BCUT2D eigenvalue weighted by Crippen LogP contribution is -2.35. The first-order valence-corrected chi connectivity index (χ1v) is 7.87. The van der Waals surface area contributed by atoms with E-state index in [2.05, 4.69) is 15.4 Å². The van der Waals surface area contributed by atoms with E-state index in [0.717, 1.165) is 17.0 Å². The number of rotatable bonds is 4. The van der Waals surface area contributed by atoms with Crippen molar-refractivity contribution in [3.05, 3.63) is 34.0 Å². The molecular formula is C14H19N5OS. The fourth-order valence-electron chi connectivity index (χ4n) is 2.84. The smallest absolute Gasteiger partial charge is 0.224 e. The number of amides is 1. The number of aromatic nitrogens is 3. The number of likely N-dealkylation sites (N-methyl/N-ethyl adjacent to an activating group) is 1. The van der Waals surface area contributed by atoms with E-state index >= 15 is 0 Å². The molecule has 0 saturated carbocycles. The van der Waals surface area contributed by atoms with Crippen LogP contribution in [0, 0.1) is 6.92 Å². The zero-order chi connectivity index (χ0) is 15.0. The molecule has 1 fully saturated rings. The topological polar surface area (TPSA) is 63.1 Å². The Labute approximate surface area is 127 Å². The molecule has 0 spiro atoms. The molecule has 1 aliphatic heterocycles. The number of hydrogen-bond acceptors (Lipinski definition) is 5. The molecule has 3 rings (SSSR count). The highest BCUT2D eigenvalue weighted by Crippen LogP contribution is 2.33. The van der Waals surface area contributed by atoms with Crippen molar-refractivity contribution in [1.29, 1.82) is 0 Å². The summed E-state index contributed by atoms with van der Waals surface area (Å²) in [6.45, 7) is 2.72. The summed E-state index contributed by atoms with van der Waals surface area (Å²) >= 11 is 1.58. The molecule has 0 aromatic carbocycles. The fraction of sp³-hybridized carbons (Fsp3) is 0.500. The molecule has 0 bridgehead atoms. The van der Waals surface area contributed by atoms with E-state index in [1.807, 2.05) is 47.7 Å². The first-order chi connectivity index (χ1) is 10.1. The lowest BCUT2D eigenvalue weighted by Gasteiger charge is -2.25. The molecule has 0 radical (unpaired) electrons. The van der Waals surface area contributed by atoms with Gasteiger partial charge in [0.25, 0.3) is 0 Å². The largest absolute Gasteiger partial charge is 0.337 e. The molecule has 1 N–H and O–H groups in total. The quantitative estimate of drug-likeness (QED) is 0.923. The number of aryl methyl sites for hydroxylation is 1. The van der Waals surface area contributed by atoms with Crippen LogP contribution < -0.4 is 5.32 Å². The predicted octanol–water partition coefficient (Wildman–Crippen LogP) is 1.25. The van der Waals surface area contributed by atoms with E-state index in [-0.39, 0.29) is 18.0 Å². The molecule has 1 amide bonds. The van der Waals surface area contributed by atoms with Crippen LogP contribution >= 0.6 is 11.3 Å². The molecule has 3 heterocycles. The van der Waals surface area contributed by atoms with Crippen LogP contribution in [0.2, 0.25) is 0 Å². The van der Waals surface area contributed by atoms with Gasteiger partial charge in [0, 0.05) is 49.7 Å². The van der Waals surface area contributed by atoms with E-state index in [1.54, 1.807) is 11.3 Å². The van der Waals surface area contributed by atoms with E-state index in [9.17, 15) is 4.79 Å². The van der Waals surface area contributed by atoms with Crippen LogP contribution in [-0.2, 0) is 18.4 Å². The van der Waals surface area contributed by atoms with Crippen molar-refractivity contribution in [1.82, 2.24) is 25.0 Å². The molecule has 1 aliphatic rings. The maximum absolute atomic E-state index is 12.1. The number of nitrogens with zero attached hydrogens (tertiary/aromatic N) is 4. The van der Waals surface area contributed by atoms with Crippen LogP contribution in [0.5, 0.6) is 0 Å². The van der Waals surface area contributed by atoms with Gasteiger partial charge in [0.1, 0.15) is 0 Å². The minimum Gasteiger partial charge on any atom is -0.337 e. The molecule has 112 valence electrons. The molecule has 2 aromatic heterocycles. The van der Waals surface area contributed by atoms with Crippen LogP contribution in [0.25, 0.3) is 0 Å². The van der Waals surface area contributed by atoms with Gasteiger partial charge in [0.2, 0.25) is 5.91 Å². The second kappa shape index (κ2) is 5.57. The number of carbonyl (C=O) groups excluding carboxylic acids is 1. The summed E-state index contributed by atoms with van der Waals surface area (Å²) in [6, 6.07) is 0.122. The monoisotopic (exact) mass is 305 g/mol. The summed E-state index contributed by atoms with van der Waals surface area (Å²) in [5.41, 5.74) is 5.05. The summed E-state index contributed by atoms with van der Waals surface area (Å²) in [4.78, 5) is 18.2. The third-order valence-electron chi connectivity index (χ3n) is 4.21. The summed E-state index contributed by atoms with van der Waals surface area (Å²) in [5.74, 6) is 0.166. The maximum atomic E-state index is 12.1. The van der Waals surface area contributed by atoms with E-state index in [1.165, 1.54) is 0 Å².